The third kappa shape index (κ3) is 1.95. The van der Waals surface area contributed by atoms with Crippen LogP contribution in [0.15, 0.2) is 24.3 Å². The van der Waals surface area contributed by atoms with Gasteiger partial charge in [-0.15, -0.1) is 0 Å². The Morgan fingerprint density at radius 1 is 1.29 bits per heavy atom. The lowest BCUT2D eigenvalue weighted by molar-refractivity contribution is 0.132. The van der Waals surface area contributed by atoms with E-state index in [0.29, 0.717) is 12.6 Å². The van der Waals surface area contributed by atoms with Gasteiger partial charge in [0.25, 0.3) is 0 Å². The number of methoxy groups -OCH3 is 1. The first-order valence-corrected chi connectivity index (χ1v) is 5.89. The van der Waals surface area contributed by atoms with Gasteiger partial charge in [-0.3, -0.25) is 0 Å². The summed E-state index contributed by atoms with van der Waals surface area (Å²) in [4.78, 5) is 13.5. The smallest absolute Gasteiger partial charge is 0.410 e. The first-order chi connectivity index (χ1) is 8.28. The molecule has 1 saturated carbocycles. The van der Waals surface area contributed by atoms with Crippen molar-refractivity contribution in [3.63, 3.8) is 0 Å². The largest absolute Gasteiger partial charge is 0.497 e. The Hall–Kier alpha value is -1.71. The minimum Gasteiger partial charge on any atom is -0.497 e. The van der Waals surface area contributed by atoms with Crippen LogP contribution in [0.5, 0.6) is 5.75 Å². The van der Waals surface area contributed by atoms with Crippen LogP contribution < -0.4 is 4.74 Å². The number of rotatable bonds is 3. The van der Waals surface area contributed by atoms with Gasteiger partial charge in [-0.05, 0) is 30.5 Å². The molecule has 0 spiro atoms. The fourth-order valence-corrected chi connectivity index (χ4v) is 2.16. The highest BCUT2D eigenvalue weighted by molar-refractivity contribution is 5.71. The lowest BCUT2D eigenvalue weighted by atomic mass is 10.1. The molecule has 0 N–H and O–H groups in total. The van der Waals surface area contributed by atoms with Gasteiger partial charge in [0.2, 0.25) is 0 Å². The van der Waals surface area contributed by atoms with Gasteiger partial charge in [0.1, 0.15) is 11.9 Å². The number of amides is 1. The van der Waals surface area contributed by atoms with Crippen LogP contribution >= 0.6 is 0 Å². The van der Waals surface area contributed by atoms with E-state index in [-0.39, 0.29) is 12.2 Å². The summed E-state index contributed by atoms with van der Waals surface area (Å²) in [6, 6.07) is 8.11. The number of carbonyl (C=O) groups excluding carboxylic acids is 1. The van der Waals surface area contributed by atoms with Crippen LogP contribution in [0.2, 0.25) is 0 Å². The molecule has 90 valence electrons. The standard InChI is InChI=1S/C13H15NO3/c1-16-11-6-2-9(3-7-11)12-8-14(10-4-5-10)13(15)17-12/h2-3,6-7,10,12H,4-5,8H2,1H3. The van der Waals surface area contributed by atoms with Gasteiger partial charge < -0.3 is 14.4 Å². The summed E-state index contributed by atoms with van der Waals surface area (Å²) in [7, 11) is 1.64. The van der Waals surface area contributed by atoms with Gasteiger partial charge >= 0.3 is 6.09 Å². The van der Waals surface area contributed by atoms with Crippen LogP contribution in [-0.2, 0) is 4.74 Å². The Balaban J connectivity index is 1.74. The number of hydrogen-bond donors (Lipinski definition) is 0. The molecule has 1 aromatic rings. The van der Waals surface area contributed by atoms with E-state index in [4.69, 9.17) is 9.47 Å². The zero-order valence-corrected chi connectivity index (χ0v) is 9.76. The number of ether oxygens (including phenoxy) is 2. The van der Waals surface area contributed by atoms with E-state index >= 15 is 0 Å². The molecule has 1 aliphatic carbocycles. The van der Waals surface area contributed by atoms with Crippen molar-refractivity contribution >= 4 is 6.09 Å². The number of nitrogens with zero attached hydrogens (tertiary/aromatic N) is 1. The van der Waals surface area contributed by atoms with Gasteiger partial charge in [0, 0.05) is 6.04 Å². The summed E-state index contributed by atoms with van der Waals surface area (Å²) >= 11 is 0. The van der Waals surface area contributed by atoms with E-state index < -0.39 is 0 Å². The summed E-state index contributed by atoms with van der Waals surface area (Å²) in [5.41, 5.74) is 1.03. The van der Waals surface area contributed by atoms with Crippen molar-refractivity contribution in [3.05, 3.63) is 29.8 Å². The van der Waals surface area contributed by atoms with Crippen molar-refractivity contribution in [2.75, 3.05) is 13.7 Å². The van der Waals surface area contributed by atoms with Crippen molar-refractivity contribution < 1.29 is 14.3 Å². The first-order valence-electron chi connectivity index (χ1n) is 5.89. The molecule has 1 aliphatic heterocycles. The zero-order chi connectivity index (χ0) is 11.8. The Bertz CT molecular complexity index is 425. The van der Waals surface area contributed by atoms with Crippen molar-refractivity contribution in [1.82, 2.24) is 4.90 Å². The van der Waals surface area contributed by atoms with E-state index in [0.717, 1.165) is 24.2 Å². The summed E-state index contributed by atoms with van der Waals surface area (Å²) in [5.74, 6) is 0.817. The second-order valence-corrected chi connectivity index (χ2v) is 4.53. The minimum atomic E-state index is -0.173. The number of carbonyl (C=O) groups is 1. The topological polar surface area (TPSA) is 38.8 Å². The molecule has 0 radical (unpaired) electrons. The summed E-state index contributed by atoms with van der Waals surface area (Å²) in [6.07, 6.45) is 1.93. The van der Waals surface area contributed by atoms with Crippen LogP contribution in [0.4, 0.5) is 4.79 Å². The van der Waals surface area contributed by atoms with Crippen molar-refractivity contribution in [1.29, 1.82) is 0 Å². The molecule has 1 aromatic carbocycles. The monoisotopic (exact) mass is 233 g/mol. The third-order valence-electron chi connectivity index (χ3n) is 3.32. The Morgan fingerprint density at radius 3 is 2.59 bits per heavy atom. The van der Waals surface area contributed by atoms with Crippen molar-refractivity contribution in [2.45, 2.75) is 25.0 Å². The molecule has 4 nitrogen and oxygen atoms in total. The van der Waals surface area contributed by atoms with Crippen LogP contribution in [-0.4, -0.2) is 30.7 Å². The molecule has 1 amide bonds. The quantitative estimate of drug-likeness (QED) is 0.804. The molecular formula is C13H15NO3. The van der Waals surface area contributed by atoms with Gasteiger partial charge in [-0.2, -0.15) is 0 Å². The molecule has 0 bridgehead atoms. The second kappa shape index (κ2) is 3.95. The molecule has 1 unspecified atom stereocenters. The van der Waals surface area contributed by atoms with Gasteiger partial charge in [-0.25, -0.2) is 4.79 Å². The molecule has 0 aromatic heterocycles. The molecule has 1 saturated heterocycles. The highest BCUT2D eigenvalue weighted by Gasteiger charge is 2.41. The molecule has 4 heteroatoms. The molecule has 1 atom stereocenters. The molecule has 2 fully saturated rings. The summed E-state index contributed by atoms with van der Waals surface area (Å²) in [6.45, 7) is 0.676. The van der Waals surface area contributed by atoms with Crippen molar-refractivity contribution in [3.8, 4) is 5.75 Å². The fourth-order valence-electron chi connectivity index (χ4n) is 2.16. The Kier molecular flexibility index (Phi) is 2.42. The van der Waals surface area contributed by atoms with Gasteiger partial charge in [0.15, 0.2) is 0 Å². The van der Waals surface area contributed by atoms with E-state index in [1.54, 1.807) is 7.11 Å². The van der Waals surface area contributed by atoms with E-state index in [2.05, 4.69) is 0 Å². The van der Waals surface area contributed by atoms with Crippen LogP contribution in [0, 0.1) is 0 Å². The maximum atomic E-state index is 11.6. The third-order valence-corrected chi connectivity index (χ3v) is 3.32. The molecule has 1 heterocycles. The van der Waals surface area contributed by atoms with E-state index in [1.807, 2.05) is 29.2 Å². The number of hydrogen-bond acceptors (Lipinski definition) is 3. The average molecular weight is 233 g/mol. The molecule has 2 aliphatic rings. The van der Waals surface area contributed by atoms with E-state index in [9.17, 15) is 4.79 Å². The maximum absolute atomic E-state index is 11.6. The number of benzene rings is 1. The Morgan fingerprint density at radius 2 is 2.00 bits per heavy atom. The minimum absolute atomic E-state index is 0.131. The average Bonchev–Trinajstić information content (AvgIpc) is 3.13. The highest BCUT2D eigenvalue weighted by Crippen LogP contribution is 2.35. The summed E-state index contributed by atoms with van der Waals surface area (Å²) < 4.78 is 10.5. The molecule has 17 heavy (non-hydrogen) atoms. The lowest BCUT2D eigenvalue weighted by Crippen LogP contribution is -2.26. The zero-order valence-electron chi connectivity index (χ0n) is 9.76. The highest BCUT2D eigenvalue weighted by atomic mass is 16.6. The molecule has 3 rings (SSSR count). The Labute approximate surface area is 100 Å². The van der Waals surface area contributed by atoms with Gasteiger partial charge in [-0.1, -0.05) is 12.1 Å². The normalized spacial score (nSPS) is 23.7. The lowest BCUT2D eigenvalue weighted by Gasteiger charge is -2.11. The van der Waals surface area contributed by atoms with Crippen LogP contribution in [0.1, 0.15) is 24.5 Å². The second-order valence-electron chi connectivity index (χ2n) is 4.53. The van der Waals surface area contributed by atoms with Crippen LogP contribution in [0.3, 0.4) is 0 Å². The van der Waals surface area contributed by atoms with E-state index in [1.165, 1.54) is 0 Å². The number of cyclic esters (lactones) is 1. The first kappa shape index (κ1) is 10.4. The van der Waals surface area contributed by atoms with Crippen molar-refractivity contribution in [2.24, 2.45) is 0 Å². The van der Waals surface area contributed by atoms with Gasteiger partial charge in [0.05, 0.1) is 13.7 Å². The predicted molar refractivity (Wildman–Crippen MR) is 61.9 cm³/mol. The predicted octanol–water partition coefficient (Wildman–Crippen LogP) is 2.35. The molecular weight excluding hydrogens is 218 g/mol. The maximum Gasteiger partial charge on any atom is 0.410 e. The fraction of sp³-hybridized carbons (Fsp3) is 0.462. The van der Waals surface area contributed by atoms with Crippen LogP contribution in [0.25, 0.3) is 0 Å². The SMILES string of the molecule is COc1ccc(C2CN(C3CC3)C(=O)O2)cc1. The summed E-state index contributed by atoms with van der Waals surface area (Å²) in [5, 5.41) is 0.